The summed E-state index contributed by atoms with van der Waals surface area (Å²) in [6.07, 6.45) is -17.9. The molecule has 0 radical (unpaired) electrons. The molecule has 0 rings (SSSR count). The molecule has 338 valence electrons. The standard InChI is InChI=1S/C18F37I/c19-1(16(48,49)50,17(51,52)53)2(20,21)3(22,23)4(24,25)5(26,27)6(28,29)7(30,31)8(32,33)9(34,35)10(36,37)11(38,39)12(40,41)13(42,43)14(44,45)15(46,47)18(54,55)56. The summed E-state index contributed by atoms with van der Waals surface area (Å²) in [4.78, 5) is 0. The first kappa shape index (κ1) is 54.1. The van der Waals surface area contributed by atoms with Crippen LogP contribution in [0.1, 0.15) is 0 Å². The van der Waals surface area contributed by atoms with Crippen LogP contribution < -0.4 is 0 Å². The second kappa shape index (κ2) is 12.8. The maximum absolute atomic E-state index is 13.9. The second-order valence-corrected chi connectivity index (χ2v) is 11.5. The predicted molar refractivity (Wildman–Crippen MR) is 104 cm³/mol. The van der Waals surface area contributed by atoms with E-state index >= 15 is 0 Å². The van der Waals surface area contributed by atoms with Gasteiger partial charge in [-0.1, -0.05) is 0 Å². The monoisotopic (exact) mass is 1050 g/mol. The predicted octanol–water partition coefficient (Wildman–Crippen LogP) is 12.7. The Balaban J connectivity index is 7.94. The lowest BCUT2D eigenvalue weighted by Gasteiger charge is -2.47. The summed E-state index contributed by atoms with van der Waals surface area (Å²) < 4.78 is 489. The van der Waals surface area contributed by atoms with Crippen LogP contribution in [0.15, 0.2) is 0 Å². The van der Waals surface area contributed by atoms with E-state index in [1.165, 1.54) is 0 Å². The molecule has 0 unspecified atom stereocenters. The highest BCUT2D eigenvalue weighted by molar-refractivity contribution is 14.1. The maximum Gasteiger partial charge on any atom is 0.438 e. The zero-order valence-electron chi connectivity index (χ0n) is 23.4. The lowest BCUT2D eigenvalue weighted by Crippen LogP contribution is -2.80. The molecule has 0 atom stereocenters. The van der Waals surface area contributed by atoms with Crippen molar-refractivity contribution in [1.29, 1.82) is 0 Å². The Morgan fingerprint density at radius 1 is 0.161 bits per heavy atom. The molecule has 0 fully saturated rings. The van der Waals surface area contributed by atoms with Gasteiger partial charge in [0.1, 0.15) is 0 Å². The number of hydrogen-bond acceptors (Lipinski definition) is 0. The van der Waals surface area contributed by atoms with Crippen molar-refractivity contribution >= 4 is 22.6 Å². The lowest BCUT2D eigenvalue weighted by molar-refractivity contribution is -0.494. The Morgan fingerprint density at radius 3 is 0.375 bits per heavy atom. The molecular formula is C18F37I. The van der Waals surface area contributed by atoms with Gasteiger partial charge in [0.15, 0.2) is 0 Å². The molecule has 0 saturated carbocycles. The summed E-state index contributed by atoms with van der Waals surface area (Å²) in [6.45, 7) is 0. The van der Waals surface area contributed by atoms with Gasteiger partial charge in [-0.3, -0.25) is 0 Å². The highest BCUT2D eigenvalue weighted by Crippen LogP contribution is 2.71. The van der Waals surface area contributed by atoms with Gasteiger partial charge in [-0.15, -0.1) is 0 Å². The number of halogens is 38. The van der Waals surface area contributed by atoms with E-state index in [0.29, 0.717) is 0 Å². The van der Waals surface area contributed by atoms with Crippen LogP contribution in [0.4, 0.5) is 162 Å². The average Bonchev–Trinajstić information content (AvgIpc) is 2.93. The molecule has 0 aliphatic rings. The molecule has 0 bridgehead atoms. The normalized spacial score (nSPS) is 17.5. The second-order valence-electron chi connectivity index (χ2n) is 10.2. The zero-order chi connectivity index (χ0) is 47.0. The Kier molecular flexibility index (Phi) is 12.4. The van der Waals surface area contributed by atoms with Crippen LogP contribution in [0.2, 0.25) is 0 Å². The van der Waals surface area contributed by atoms with Gasteiger partial charge in [-0.05, 0) is 0 Å². The summed E-state index contributed by atoms with van der Waals surface area (Å²) >= 11 is -1.45. The fraction of sp³-hybridized carbons (Fsp3) is 1.00. The van der Waals surface area contributed by atoms with Gasteiger partial charge in [-0.2, -0.15) is 158 Å². The Bertz CT molecular complexity index is 1420. The van der Waals surface area contributed by atoms with E-state index in [0.717, 1.165) is 0 Å². The van der Waals surface area contributed by atoms with Crippen molar-refractivity contribution < 1.29 is 162 Å². The minimum absolute atomic E-state index is 1.45. The first-order valence-corrected chi connectivity index (χ1v) is 12.5. The molecule has 0 spiro atoms. The molecule has 0 amide bonds. The van der Waals surface area contributed by atoms with Crippen molar-refractivity contribution in [2.75, 3.05) is 0 Å². The fourth-order valence-electron chi connectivity index (χ4n) is 3.28. The van der Waals surface area contributed by atoms with Gasteiger partial charge in [0.2, 0.25) is 0 Å². The number of rotatable bonds is 15. The lowest BCUT2D eigenvalue weighted by atomic mass is 9.81. The van der Waals surface area contributed by atoms with Crippen molar-refractivity contribution in [3.05, 3.63) is 0 Å². The first-order chi connectivity index (χ1) is 23.2. The number of alkyl halides is 38. The van der Waals surface area contributed by atoms with Crippen molar-refractivity contribution in [2.24, 2.45) is 0 Å². The quantitative estimate of drug-likeness (QED) is 0.0871. The van der Waals surface area contributed by atoms with Crippen molar-refractivity contribution in [1.82, 2.24) is 0 Å². The van der Waals surface area contributed by atoms with Gasteiger partial charge >= 0.3 is 105 Å². The van der Waals surface area contributed by atoms with Crippen LogP contribution in [-0.2, 0) is 0 Å². The van der Waals surface area contributed by atoms with Crippen LogP contribution in [-0.4, -0.2) is 105 Å². The van der Waals surface area contributed by atoms with E-state index in [9.17, 15) is 162 Å². The van der Waals surface area contributed by atoms with E-state index in [2.05, 4.69) is 0 Å². The highest BCUT2D eigenvalue weighted by atomic mass is 127. The molecule has 0 aliphatic carbocycles. The van der Waals surface area contributed by atoms with E-state index < -0.39 is 127 Å². The van der Waals surface area contributed by atoms with Crippen LogP contribution in [0.25, 0.3) is 0 Å². The smallest absolute Gasteiger partial charge is 0.216 e. The van der Waals surface area contributed by atoms with Gasteiger partial charge in [0, 0.05) is 22.6 Å². The van der Waals surface area contributed by atoms with Gasteiger partial charge in [0.25, 0.3) is 0 Å². The zero-order valence-corrected chi connectivity index (χ0v) is 25.5. The van der Waals surface area contributed by atoms with Crippen molar-refractivity contribution in [2.45, 2.75) is 105 Å². The Hall–Kier alpha value is -1.86. The summed E-state index contributed by atoms with van der Waals surface area (Å²) in [5.41, 5.74) is -9.50. The minimum Gasteiger partial charge on any atom is -0.216 e. The number of hydrogen-bond donors (Lipinski definition) is 0. The van der Waals surface area contributed by atoms with Gasteiger partial charge < -0.3 is 0 Å². The topological polar surface area (TPSA) is 0 Å². The summed E-state index contributed by atoms with van der Waals surface area (Å²) in [5.74, 6) is -140. The van der Waals surface area contributed by atoms with E-state index in [1.54, 1.807) is 0 Å². The van der Waals surface area contributed by atoms with Crippen LogP contribution >= 0.6 is 22.6 Å². The molecule has 0 aromatic heterocycles. The van der Waals surface area contributed by atoms with E-state index in [4.69, 9.17) is 0 Å². The van der Waals surface area contributed by atoms with Crippen molar-refractivity contribution in [3.63, 3.8) is 0 Å². The van der Waals surface area contributed by atoms with Crippen molar-refractivity contribution in [3.8, 4) is 0 Å². The summed E-state index contributed by atoms with van der Waals surface area (Å²) in [7, 11) is 0. The third kappa shape index (κ3) is 5.97. The molecule has 0 aromatic rings. The highest BCUT2D eigenvalue weighted by Gasteiger charge is 3.03. The largest absolute Gasteiger partial charge is 0.438 e. The molecule has 0 saturated heterocycles. The molecule has 0 aromatic carbocycles. The molecule has 0 N–H and O–H groups in total. The van der Waals surface area contributed by atoms with Gasteiger partial charge in [0.05, 0.1) is 0 Å². The molecule has 0 heterocycles. The van der Waals surface area contributed by atoms with E-state index in [-0.39, 0.29) is 0 Å². The van der Waals surface area contributed by atoms with Crippen LogP contribution in [0, 0.1) is 0 Å². The minimum atomic E-state index is -10.4. The summed E-state index contributed by atoms with van der Waals surface area (Å²) in [6, 6.07) is 0. The third-order valence-corrected chi connectivity index (χ3v) is 7.37. The summed E-state index contributed by atoms with van der Waals surface area (Å²) in [5, 5.41) is 0. The molecule has 0 aliphatic heterocycles. The van der Waals surface area contributed by atoms with Crippen LogP contribution in [0.5, 0.6) is 0 Å². The third-order valence-electron chi connectivity index (χ3n) is 6.70. The maximum atomic E-state index is 13.9. The molecule has 0 nitrogen and oxygen atoms in total. The van der Waals surface area contributed by atoms with Crippen LogP contribution in [0.3, 0.4) is 0 Å². The average molecular weight is 1050 g/mol. The SMILES string of the molecule is FC(F)(F)C(F)(C(F)(F)F)C(F)(F)C(F)(F)C(F)(F)C(F)(F)C(F)(F)C(F)(F)C(F)(F)C(F)(F)C(F)(F)C(F)(F)C(F)(F)C(F)(F)C(F)(F)C(F)(F)C(F)(F)I. The Labute approximate surface area is 290 Å². The first-order valence-electron chi connectivity index (χ1n) is 11.4. The molecule has 56 heavy (non-hydrogen) atoms. The van der Waals surface area contributed by atoms with Gasteiger partial charge in [-0.25, -0.2) is 4.39 Å². The molecular weight excluding hydrogens is 1050 g/mol. The van der Waals surface area contributed by atoms with E-state index in [1.807, 2.05) is 0 Å². The molecule has 38 heteroatoms. The Morgan fingerprint density at radius 2 is 0.268 bits per heavy atom. The fourth-order valence-corrected chi connectivity index (χ4v) is 3.62.